The number of carbonyl (C=O) groups is 2. The topological polar surface area (TPSA) is 91.3 Å². The standard InChI is InChI=1S/C22H24O7.C2H6/c1-13-9-19(27-4)15(10-18(13)26-3)6-7-17(23)16-8-14(2)22(20(11-16)28-5)29-12-21(24)25;1-2/h6-11H,12H2,1-5H3,(H,24,25);1-2H3/b7-6+;. The third-order valence-electron chi connectivity index (χ3n) is 4.25. The van der Waals surface area contributed by atoms with Crippen molar-refractivity contribution in [2.75, 3.05) is 27.9 Å². The highest BCUT2D eigenvalue weighted by molar-refractivity contribution is 6.07. The summed E-state index contributed by atoms with van der Waals surface area (Å²) in [5.41, 5.74) is 2.60. The number of carbonyl (C=O) groups excluding carboxylic acids is 1. The van der Waals surface area contributed by atoms with Gasteiger partial charge in [-0.1, -0.05) is 13.8 Å². The van der Waals surface area contributed by atoms with Crippen molar-refractivity contribution < 1.29 is 33.6 Å². The first-order valence-corrected chi connectivity index (χ1v) is 9.79. The van der Waals surface area contributed by atoms with Crippen LogP contribution in [0.4, 0.5) is 0 Å². The molecule has 1 N–H and O–H groups in total. The molecule has 0 aliphatic carbocycles. The number of ether oxygens (including phenoxy) is 4. The fraction of sp³-hybridized carbons (Fsp3) is 0.333. The monoisotopic (exact) mass is 430 g/mol. The zero-order chi connectivity index (χ0) is 23.6. The zero-order valence-electron chi connectivity index (χ0n) is 19.1. The molecule has 0 spiro atoms. The van der Waals surface area contributed by atoms with Gasteiger partial charge in [-0.15, -0.1) is 0 Å². The molecule has 0 fully saturated rings. The van der Waals surface area contributed by atoms with Crippen LogP contribution in [-0.2, 0) is 4.79 Å². The van der Waals surface area contributed by atoms with Gasteiger partial charge < -0.3 is 24.1 Å². The van der Waals surface area contributed by atoms with Crippen LogP contribution in [0.3, 0.4) is 0 Å². The van der Waals surface area contributed by atoms with Gasteiger partial charge in [-0.2, -0.15) is 0 Å². The number of benzene rings is 2. The summed E-state index contributed by atoms with van der Waals surface area (Å²) in [7, 11) is 4.57. The fourth-order valence-corrected chi connectivity index (χ4v) is 2.82. The van der Waals surface area contributed by atoms with Crippen LogP contribution in [0.5, 0.6) is 23.0 Å². The molecule has 0 amide bonds. The minimum Gasteiger partial charge on any atom is -0.496 e. The Hall–Kier alpha value is -3.48. The zero-order valence-corrected chi connectivity index (χ0v) is 19.1. The Bertz CT molecular complexity index is 945. The van der Waals surface area contributed by atoms with Crippen molar-refractivity contribution in [3.05, 3.63) is 52.6 Å². The Balaban J connectivity index is 0.00000233. The van der Waals surface area contributed by atoms with Gasteiger partial charge >= 0.3 is 5.97 Å². The third kappa shape index (κ3) is 6.77. The molecule has 0 unspecified atom stereocenters. The minimum absolute atomic E-state index is 0.252. The Morgan fingerprint density at radius 3 is 2.03 bits per heavy atom. The van der Waals surface area contributed by atoms with E-state index in [-0.39, 0.29) is 11.5 Å². The molecule has 0 saturated heterocycles. The molecule has 0 radical (unpaired) electrons. The van der Waals surface area contributed by atoms with Crippen LogP contribution in [0.1, 0.15) is 40.9 Å². The van der Waals surface area contributed by atoms with E-state index in [1.54, 1.807) is 39.4 Å². The predicted octanol–water partition coefficient (Wildman–Crippen LogP) is 4.71. The summed E-state index contributed by atoms with van der Waals surface area (Å²) in [5, 5.41) is 8.80. The molecule has 7 nitrogen and oxygen atoms in total. The molecule has 2 aromatic carbocycles. The molecule has 2 rings (SSSR count). The van der Waals surface area contributed by atoms with Gasteiger partial charge in [0, 0.05) is 11.1 Å². The smallest absolute Gasteiger partial charge is 0.341 e. The summed E-state index contributed by atoms with van der Waals surface area (Å²) >= 11 is 0. The fourth-order valence-electron chi connectivity index (χ4n) is 2.82. The van der Waals surface area contributed by atoms with Crippen molar-refractivity contribution in [2.45, 2.75) is 27.7 Å². The summed E-state index contributed by atoms with van der Waals surface area (Å²) in [6.45, 7) is 7.12. The third-order valence-corrected chi connectivity index (χ3v) is 4.25. The molecular formula is C24H30O7. The number of carboxylic acids is 1. The highest BCUT2D eigenvalue weighted by Gasteiger charge is 2.15. The minimum atomic E-state index is -1.10. The average molecular weight is 430 g/mol. The molecule has 0 atom stereocenters. The lowest BCUT2D eigenvalue weighted by Crippen LogP contribution is -2.11. The lowest BCUT2D eigenvalue weighted by atomic mass is 10.0. The van der Waals surface area contributed by atoms with E-state index in [9.17, 15) is 9.59 Å². The number of allylic oxidation sites excluding steroid dienone is 1. The maximum atomic E-state index is 12.7. The quantitative estimate of drug-likeness (QED) is 0.455. The molecule has 0 bridgehead atoms. The molecule has 0 heterocycles. The van der Waals surface area contributed by atoms with Gasteiger partial charge in [-0.05, 0) is 61.4 Å². The maximum Gasteiger partial charge on any atom is 0.341 e. The summed E-state index contributed by atoms with van der Waals surface area (Å²) in [6, 6.07) is 6.78. The number of methoxy groups -OCH3 is 3. The van der Waals surface area contributed by atoms with Crippen molar-refractivity contribution in [1.29, 1.82) is 0 Å². The molecular weight excluding hydrogens is 400 g/mol. The van der Waals surface area contributed by atoms with Gasteiger partial charge in [0.1, 0.15) is 11.5 Å². The van der Waals surface area contributed by atoms with E-state index >= 15 is 0 Å². The second-order valence-electron chi connectivity index (χ2n) is 6.27. The Morgan fingerprint density at radius 2 is 1.48 bits per heavy atom. The van der Waals surface area contributed by atoms with E-state index in [0.717, 1.165) is 5.56 Å². The van der Waals surface area contributed by atoms with Crippen LogP contribution in [0.2, 0.25) is 0 Å². The Kier molecular flexibility index (Phi) is 10.1. The number of hydrogen-bond donors (Lipinski definition) is 1. The second kappa shape index (κ2) is 12.3. The van der Waals surface area contributed by atoms with Crippen LogP contribution in [-0.4, -0.2) is 44.8 Å². The first-order valence-electron chi connectivity index (χ1n) is 9.79. The number of hydrogen-bond acceptors (Lipinski definition) is 6. The summed E-state index contributed by atoms with van der Waals surface area (Å²) < 4.78 is 21.2. The molecule has 0 saturated carbocycles. The molecule has 0 aliphatic rings. The number of carboxylic acid groups (broad SMARTS) is 1. The maximum absolute atomic E-state index is 12.7. The van der Waals surface area contributed by atoms with E-state index < -0.39 is 12.6 Å². The van der Waals surface area contributed by atoms with Crippen LogP contribution in [0.15, 0.2) is 30.3 Å². The number of rotatable bonds is 9. The summed E-state index contributed by atoms with van der Waals surface area (Å²) in [4.78, 5) is 23.4. The lowest BCUT2D eigenvalue weighted by Gasteiger charge is -2.13. The van der Waals surface area contributed by atoms with Gasteiger partial charge in [0.25, 0.3) is 0 Å². The van der Waals surface area contributed by atoms with Gasteiger partial charge in [0.05, 0.1) is 21.3 Å². The SMILES string of the molecule is CC.COc1cc(/C=C/C(=O)c2cc(C)c(OCC(=O)O)c(OC)c2)c(OC)cc1C. The van der Waals surface area contributed by atoms with Crippen molar-refractivity contribution in [3.8, 4) is 23.0 Å². The van der Waals surface area contributed by atoms with Crippen LogP contribution in [0.25, 0.3) is 6.08 Å². The Morgan fingerprint density at radius 1 is 0.871 bits per heavy atom. The second-order valence-corrected chi connectivity index (χ2v) is 6.27. The van der Waals surface area contributed by atoms with Crippen molar-refractivity contribution in [1.82, 2.24) is 0 Å². The van der Waals surface area contributed by atoms with E-state index in [2.05, 4.69) is 0 Å². The molecule has 7 heteroatoms. The highest BCUT2D eigenvalue weighted by Crippen LogP contribution is 2.33. The van der Waals surface area contributed by atoms with Gasteiger partial charge in [-0.25, -0.2) is 4.79 Å². The first-order chi connectivity index (χ1) is 14.8. The number of aliphatic carboxylic acids is 1. The Labute approximate surface area is 183 Å². The molecule has 168 valence electrons. The number of ketones is 1. The van der Waals surface area contributed by atoms with Gasteiger partial charge in [0.2, 0.25) is 0 Å². The van der Waals surface area contributed by atoms with Gasteiger partial charge in [-0.3, -0.25) is 4.79 Å². The highest BCUT2D eigenvalue weighted by atomic mass is 16.5. The van der Waals surface area contributed by atoms with Crippen molar-refractivity contribution in [3.63, 3.8) is 0 Å². The predicted molar refractivity (Wildman–Crippen MR) is 120 cm³/mol. The normalized spacial score (nSPS) is 10.2. The lowest BCUT2D eigenvalue weighted by molar-refractivity contribution is -0.139. The summed E-state index contributed by atoms with van der Waals surface area (Å²) in [6.07, 6.45) is 3.08. The van der Waals surface area contributed by atoms with Crippen molar-refractivity contribution in [2.24, 2.45) is 0 Å². The van der Waals surface area contributed by atoms with E-state index in [1.807, 2.05) is 26.8 Å². The van der Waals surface area contributed by atoms with E-state index in [0.29, 0.717) is 33.9 Å². The molecule has 2 aromatic rings. The van der Waals surface area contributed by atoms with Gasteiger partial charge in [0.15, 0.2) is 23.9 Å². The average Bonchev–Trinajstić information content (AvgIpc) is 2.77. The van der Waals surface area contributed by atoms with Crippen LogP contribution >= 0.6 is 0 Å². The molecule has 0 aliphatic heterocycles. The summed E-state index contributed by atoms with van der Waals surface area (Å²) in [5.74, 6) is 0.543. The van der Waals surface area contributed by atoms with Crippen LogP contribution in [0, 0.1) is 13.8 Å². The molecule has 0 aromatic heterocycles. The van der Waals surface area contributed by atoms with Crippen molar-refractivity contribution >= 4 is 17.8 Å². The molecule has 31 heavy (non-hydrogen) atoms. The van der Waals surface area contributed by atoms with E-state index in [4.69, 9.17) is 24.1 Å². The number of aryl methyl sites for hydroxylation is 2. The largest absolute Gasteiger partial charge is 0.496 e. The van der Waals surface area contributed by atoms with Crippen LogP contribution < -0.4 is 18.9 Å². The first kappa shape index (κ1) is 25.6. The van der Waals surface area contributed by atoms with E-state index in [1.165, 1.54) is 19.3 Å².